The van der Waals surface area contributed by atoms with Crippen LogP contribution in [0.1, 0.15) is 30.3 Å². The summed E-state index contributed by atoms with van der Waals surface area (Å²) in [7, 11) is 0. The van der Waals surface area contributed by atoms with E-state index in [0.29, 0.717) is 0 Å². The minimum absolute atomic E-state index is 0.0257. The van der Waals surface area contributed by atoms with Crippen molar-refractivity contribution in [2.75, 3.05) is 5.32 Å². The Labute approximate surface area is 103 Å². The highest BCUT2D eigenvalue weighted by atomic mass is 16.4. The molecular formula is C11H14N4O3. The van der Waals surface area contributed by atoms with Crippen LogP contribution in [0.25, 0.3) is 0 Å². The second kappa shape index (κ2) is 4.25. The molecule has 0 radical (unpaired) electrons. The van der Waals surface area contributed by atoms with E-state index >= 15 is 0 Å². The molecule has 1 atom stereocenters. The number of hydrogen-bond acceptors (Lipinski definition) is 5. The summed E-state index contributed by atoms with van der Waals surface area (Å²) in [4.78, 5) is 30.3. The zero-order chi connectivity index (χ0) is 13.3. The topological polar surface area (TPSA) is 118 Å². The second-order valence-corrected chi connectivity index (χ2v) is 4.52. The zero-order valence-corrected chi connectivity index (χ0v) is 9.88. The summed E-state index contributed by atoms with van der Waals surface area (Å²) >= 11 is 0. The number of amides is 1. The smallest absolute Gasteiger partial charge is 0.329 e. The molecule has 18 heavy (non-hydrogen) atoms. The summed E-state index contributed by atoms with van der Waals surface area (Å²) in [6.07, 6.45) is 4.38. The van der Waals surface area contributed by atoms with Crippen LogP contribution in [0.3, 0.4) is 0 Å². The number of carboxylic acids is 1. The van der Waals surface area contributed by atoms with E-state index in [1.54, 1.807) is 6.92 Å². The van der Waals surface area contributed by atoms with Crippen LogP contribution in [0.4, 0.5) is 5.82 Å². The molecule has 1 aliphatic carbocycles. The number of rotatable bonds is 5. The molecule has 0 aliphatic heterocycles. The van der Waals surface area contributed by atoms with Gasteiger partial charge in [0.2, 0.25) is 0 Å². The van der Waals surface area contributed by atoms with E-state index in [1.165, 1.54) is 12.4 Å². The molecule has 1 heterocycles. The van der Waals surface area contributed by atoms with Gasteiger partial charge >= 0.3 is 5.97 Å². The Morgan fingerprint density at radius 2 is 2.06 bits per heavy atom. The Morgan fingerprint density at radius 1 is 1.44 bits per heavy atom. The Morgan fingerprint density at radius 3 is 2.56 bits per heavy atom. The van der Waals surface area contributed by atoms with E-state index in [2.05, 4.69) is 15.3 Å². The van der Waals surface area contributed by atoms with E-state index in [4.69, 9.17) is 5.73 Å². The van der Waals surface area contributed by atoms with E-state index in [-0.39, 0.29) is 17.4 Å². The number of nitrogens with zero attached hydrogens (tertiary/aromatic N) is 2. The van der Waals surface area contributed by atoms with E-state index < -0.39 is 17.4 Å². The highest BCUT2D eigenvalue weighted by molar-refractivity contribution is 5.96. The molecule has 0 spiro atoms. The first-order valence-electron chi connectivity index (χ1n) is 5.57. The molecule has 96 valence electrons. The number of aliphatic carboxylic acids is 1. The fourth-order valence-electron chi connectivity index (χ4n) is 1.85. The molecule has 4 N–H and O–H groups in total. The number of carbonyl (C=O) groups excluding carboxylic acids is 1. The first-order valence-corrected chi connectivity index (χ1v) is 5.57. The first-order chi connectivity index (χ1) is 8.45. The molecule has 0 bridgehead atoms. The largest absolute Gasteiger partial charge is 0.480 e. The molecular weight excluding hydrogens is 236 g/mol. The van der Waals surface area contributed by atoms with Gasteiger partial charge in [-0.1, -0.05) is 0 Å². The van der Waals surface area contributed by atoms with Crippen molar-refractivity contribution in [2.24, 2.45) is 11.7 Å². The van der Waals surface area contributed by atoms with Crippen LogP contribution >= 0.6 is 0 Å². The van der Waals surface area contributed by atoms with Gasteiger partial charge in [-0.3, -0.25) is 4.79 Å². The van der Waals surface area contributed by atoms with Gasteiger partial charge in [0.25, 0.3) is 5.91 Å². The molecule has 0 saturated heterocycles. The van der Waals surface area contributed by atoms with Crippen LogP contribution in [0, 0.1) is 5.92 Å². The summed E-state index contributed by atoms with van der Waals surface area (Å²) in [5.41, 5.74) is 3.97. The number of primary amides is 1. The molecule has 1 unspecified atom stereocenters. The predicted octanol–water partition coefficient (Wildman–Crippen LogP) is 0.241. The van der Waals surface area contributed by atoms with Gasteiger partial charge in [-0.05, 0) is 25.7 Å². The third kappa shape index (κ3) is 2.11. The fraction of sp³-hybridized carbons (Fsp3) is 0.455. The molecule has 1 aromatic heterocycles. The predicted molar refractivity (Wildman–Crippen MR) is 62.9 cm³/mol. The maximum atomic E-state index is 11.4. The lowest BCUT2D eigenvalue weighted by atomic mass is 9.96. The van der Waals surface area contributed by atoms with Crippen LogP contribution in [0.5, 0.6) is 0 Å². The van der Waals surface area contributed by atoms with E-state index in [9.17, 15) is 14.7 Å². The zero-order valence-electron chi connectivity index (χ0n) is 9.88. The van der Waals surface area contributed by atoms with Gasteiger partial charge in [-0.2, -0.15) is 0 Å². The van der Waals surface area contributed by atoms with Crippen molar-refractivity contribution in [3.63, 3.8) is 0 Å². The minimum atomic E-state index is -1.15. The normalized spacial score (nSPS) is 17.8. The van der Waals surface area contributed by atoms with Crippen LogP contribution in [0.15, 0.2) is 12.4 Å². The monoisotopic (exact) mass is 250 g/mol. The number of nitrogens with one attached hydrogen (secondary N) is 1. The number of carbonyl (C=O) groups is 2. The molecule has 1 fully saturated rings. The molecule has 1 amide bonds. The molecule has 1 saturated carbocycles. The summed E-state index contributed by atoms with van der Waals surface area (Å²) < 4.78 is 0. The number of aromatic nitrogens is 2. The number of hydrogen-bond donors (Lipinski definition) is 3. The van der Waals surface area contributed by atoms with Crippen molar-refractivity contribution >= 4 is 17.7 Å². The molecule has 1 aliphatic rings. The average molecular weight is 250 g/mol. The van der Waals surface area contributed by atoms with Crippen molar-refractivity contribution in [3.05, 3.63) is 18.1 Å². The number of nitrogens with two attached hydrogens (primary N) is 1. The summed E-state index contributed by atoms with van der Waals surface area (Å²) in [5.74, 6) is -1.58. The Balaban J connectivity index is 2.32. The van der Waals surface area contributed by atoms with Gasteiger partial charge in [0.15, 0.2) is 11.5 Å². The molecule has 1 aromatic rings. The summed E-state index contributed by atoms with van der Waals surface area (Å²) in [5, 5.41) is 12.1. The van der Waals surface area contributed by atoms with E-state index in [0.717, 1.165) is 12.8 Å². The Kier molecular flexibility index (Phi) is 2.90. The average Bonchev–Trinajstić information content (AvgIpc) is 3.13. The van der Waals surface area contributed by atoms with Crippen molar-refractivity contribution in [3.8, 4) is 0 Å². The highest BCUT2D eigenvalue weighted by Gasteiger charge is 2.48. The van der Waals surface area contributed by atoms with Crippen LogP contribution in [0.2, 0.25) is 0 Å². The summed E-state index contributed by atoms with van der Waals surface area (Å²) in [6, 6.07) is 0. The lowest BCUT2D eigenvalue weighted by Crippen LogP contribution is -2.46. The molecule has 7 heteroatoms. The van der Waals surface area contributed by atoms with Gasteiger partial charge in [-0.15, -0.1) is 0 Å². The van der Waals surface area contributed by atoms with Gasteiger partial charge in [0.05, 0.1) is 0 Å². The van der Waals surface area contributed by atoms with Crippen LogP contribution in [-0.2, 0) is 4.79 Å². The SMILES string of the molecule is CC(Nc1nccnc1C(N)=O)(C(=O)O)C1CC1. The molecule has 2 rings (SSSR count). The second-order valence-electron chi connectivity index (χ2n) is 4.52. The van der Waals surface area contributed by atoms with Crippen molar-refractivity contribution < 1.29 is 14.7 Å². The standard InChI is InChI=1S/C11H14N4O3/c1-11(10(17)18,6-2-3-6)15-9-7(8(12)16)13-4-5-14-9/h4-6H,2-3H2,1H3,(H2,12,16)(H,14,15)(H,17,18). The quantitative estimate of drug-likeness (QED) is 0.688. The maximum Gasteiger partial charge on any atom is 0.329 e. The first kappa shape index (κ1) is 12.3. The molecule has 0 aromatic carbocycles. The third-order valence-electron chi connectivity index (χ3n) is 3.15. The van der Waals surface area contributed by atoms with Crippen molar-refractivity contribution in [2.45, 2.75) is 25.3 Å². The van der Waals surface area contributed by atoms with Gasteiger partial charge in [0.1, 0.15) is 5.54 Å². The maximum absolute atomic E-state index is 11.4. The van der Waals surface area contributed by atoms with Gasteiger partial charge < -0.3 is 16.2 Å². The Bertz CT molecular complexity index is 501. The highest BCUT2D eigenvalue weighted by Crippen LogP contribution is 2.41. The van der Waals surface area contributed by atoms with Gasteiger partial charge in [0, 0.05) is 12.4 Å². The summed E-state index contributed by atoms with van der Waals surface area (Å²) in [6.45, 7) is 1.58. The minimum Gasteiger partial charge on any atom is -0.480 e. The Hall–Kier alpha value is -2.18. The fourth-order valence-corrected chi connectivity index (χ4v) is 1.85. The van der Waals surface area contributed by atoms with Gasteiger partial charge in [-0.25, -0.2) is 14.8 Å². The molecule has 7 nitrogen and oxygen atoms in total. The van der Waals surface area contributed by atoms with Crippen LogP contribution in [-0.4, -0.2) is 32.5 Å². The van der Waals surface area contributed by atoms with Crippen LogP contribution < -0.4 is 11.1 Å². The van der Waals surface area contributed by atoms with E-state index in [1.807, 2.05) is 0 Å². The third-order valence-corrected chi connectivity index (χ3v) is 3.15. The van der Waals surface area contributed by atoms with Crippen molar-refractivity contribution in [1.29, 1.82) is 0 Å². The lowest BCUT2D eigenvalue weighted by Gasteiger charge is -2.27. The van der Waals surface area contributed by atoms with Crippen molar-refractivity contribution in [1.82, 2.24) is 9.97 Å². The lowest BCUT2D eigenvalue weighted by molar-refractivity contribution is -0.142. The number of anilines is 1. The number of carboxylic acid groups (broad SMARTS) is 1.